The Morgan fingerprint density at radius 3 is 2.85 bits per heavy atom. The van der Waals surface area contributed by atoms with Crippen LogP contribution in [0, 0.1) is 5.92 Å². The molecule has 0 spiro atoms. The van der Waals surface area contributed by atoms with Crippen molar-refractivity contribution in [1.29, 1.82) is 0 Å². The monoisotopic (exact) mass is 185 g/mol. The second-order valence-electron chi connectivity index (χ2n) is 3.03. The molecule has 0 fully saturated rings. The second-order valence-corrected chi connectivity index (χ2v) is 3.03. The van der Waals surface area contributed by atoms with Gasteiger partial charge in [0.05, 0.1) is 20.1 Å². The Morgan fingerprint density at radius 2 is 2.23 bits per heavy atom. The van der Waals surface area contributed by atoms with E-state index in [-0.39, 0.29) is 11.9 Å². The lowest BCUT2D eigenvalue weighted by Gasteiger charge is -2.09. The highest BCUT2D eigenvalue weighted by Gasteiger charge is 2.21. The molecular weight excluding hydrogens is 170 g/mol. The number of aliphatic imine (C=N–C) groups is 1. The summed E-state index contributed by atoms with van der Waals surface area (Å²) in [7, 11) is 3.03. The summed E-state index contributed by atoms with van der Waals surface area (Å²) >= 11 is 0. The number of carbonyl (C=O) groups excluding carboxylic acids is 1. The van der Waals surface area contributed by atoms with Crippen molar-refractivity contribution >= 4 is 11.9 Å². The zero-order valence-corrected chi connectivity index (χ0v) is 8.08. The highest BCUT2D eigenvalue weighted by atomic mass is 16.5. The fourth-order valence-electron chi connectivity index (χ4n) is 1.44. The Hall–Kier alpha value is -1.06. The highest BCUT2D eigenvalue weighted by molar-refractivity contribution is 5.78. The molecule has 0 radical (unpaired) electrons. The van der Waals surface area contributed by atoms with Gasteiger partial charge in [0.2, 0.25) is 0 Å². The van der Waals surface area contributed by atoms with Gasteiger partial charge in [0.25, 0.3) is 0 Å². The van der Waals surface area contributed by atoms with Gasteiger partial charge < -0.3 is 9.47 Å². The van der Waals surface area contributed by atoms with E-state index in [2.05, 4.69) is 9.73 Å². The van der Waals surface area contributed by atoms with Crippen LogP contribution in [0.15, 0.2) is 4.99 Å². The first-order valence-corrected chi connectivity index (χ1v) is 4.43. The van der Waals surface area contributed by atoms with Crippen molar-refractivity contribution in [2.24, 2.45) is 10.9 Å². The smallest absolute Gasteiger partial charge is 0.308 e. The fourth-order valence-corrected chi connectivity index (χ4v) is 1.44. The molecule has 1 atom stereocenters. The minimum atomic E-state index is -0.132. The average molecular weight is 185 g/mol. The molecule has 0 aromatic rings. The topological polar surface area (TPSA) is 47.9 Å². The number of ether oxygens (including phenoxy) is 2. The number of methoxy groups -OCH3 is 2. The molecule has 0 aliphatic carbocycles. The Kier molecular flexibility index (Phi) is 3.73. The molecular formula is C9H15NO3. The van der Waals surface area contributed by atoms with Crippen LogP contribution in [0.5, 0.6) is 0 Å². The van der Waals surface area contributed by atoms with Gasteiger partial charge in [-0.3, -0.25) is 9.79 Å². The lowest BCUT2D eigenvalue weighted by molar-refractivity contribution is -0.145. The maximum absolute atomic E-state index is 11.2. The molecule has 0 saturated carbocycles. The Balaban J connectivity index is 2.46. The van der Waals surface area contributed by atoms with Crippen LogP contribution in [-0.2, 0) is 14.3 Å². The maximum Gasteiger partial charge on any atom is 0.308 e. The number of esters is 1. The van der Waals surface area contributed by atoms with Crippen LogP contribution in [0.1, 0.15) is 19.3 Å². The third kappa shape index (κ3) is 2.72. The van der Waals surface area contributed by atoms with E-state index in [0.29, 0.717) is 6.54 Å². The van der Waals surface area contributed by atoms with Gasteiger partial charge in [-0.2, -0.15) is 0 Å². The van der Waals surface area contributed by atoms with Crippen molar-refractivity contribution in [3.05, 3.63) is 0 Å². The van der Waals surface area contributed by atoms with Crippen molar-refractivity contribution in [3.8, 4) is 0 Å². The summed E-state index contributed by atoms with van der Waals surface area (Å²) < 4.78 is 9.71. The molecule has 4 nitrogen and oxygen atoms in total. The highest BCUT2D eigenvalue weighted by Crippen LogP contribution is 2.17. The lowest BCUT2D eigenvalue weighted by Crippen LogP contribution is -2.16. The summed E-state index contributed by atoms with van der Waals surface area (Å²) in [5.74, 6) is 0.598. The summed E-state index contributed by atoms with van der Waals surface area (Å²) in [6.07, 6.45) is 2.27. The zero-order chi connectivity index (χ0) is 9.68. The van der Waals surface area contributed by atoms with Gasteiger partial charge in [0.15, 0.2) is 5.90 Å². The van der Waals surface area contributed by atoms with Gasteiger partial charge in [-0.05, 0) is 12.8 Å². The molecule has 1 rings (SSSR count). The van der Waals surface area contributed by atoms with Crippen molar-refractivity contribution < 1.29 is 14.3 Å². The van der Waals surface area contributed by atoms with E-state index in [1.165, 1.54) is 7.11 Å². The third-order valence-electron chi connectivity index (χ3n) is 2.24. The fraction of sp³-hybridized carbons (Fsp3) is 0.778. The molecule has 0 aromatic heterocycles. The van der Waals surface area contributed by atoms with Crippen LogP contribution < -0.4 is 0 Å². The molecule has 0 N–H and O–H groups in total. The molecule has 13 heavy (non-hydrogen) atoms. The molecule has 1 unspecified atom stereocenters. The van der Waals surface area contributed by atoms with Crippen LogP contribution >= 0.6 is 0 Å². The summed E-state index contributed by atoms with van der Waals surface area (Å²) in [6, 6.07) is 0. The summed E-state index contributed by atoms with van der Waals surface area (Å²) in [5, 5.41) is 0. The molecule has 1 aliphatic heterocycles. The van der Waals surface area contributed by atoms with Crippen molar-refractivity contribution in [3.63, 3.8) is 0 Å². The zero-order valence-electron chi connectivity index (χ0n) is 8.08. The normalized spacial score (nSPS) is 22.9. The predicted molar refractivity (Wildman–Crippen MR) is 48.7 cm³/mol. The number of rotatable bonds is 1. The Labute approximate surface area is 77.9 Å². The molecule has 0 aromatic carbocycles. The van der Waals surface area contributed by atoms with Gasteiger partial charge in [-0.15, -0.1) is 0 Å². The van der Waals surface area contributed by atoms with Crippen LogP contribution in [0.2, 0.25) is 0 Å². The predicted octanol–water partition coefficient (Wildman–Crippen LogP) is 1.00. The average Bonchev–Trinajstić information content (AvgIpc) is 2.41. The number of carbonyl (C=O) groups is 1. The Bertz CT molecular complexity index is 213. The van der Waals surface area contributed by atoms with E-state index >= 15 is 0 Å². The summed E-state index contributed by atoms with van der Waals surface area (Å²) in [5.41, 5.74) is 0. The van der Waals surface area contributed by atoms with Gasteiger partial charge in [0, 0.05) is 13.0 Å². The quantitative estimate of drug-likeness (QED) is 0.573. The second kappa shape index (κ2) is 4.84. The van der Waals surface area contributed by atoms with Crippen LogP contribution in [0.25, 0.3) is 0 Å². The van der Waals surface area contributed by atoms with E-state index in [9.17, 15) is 4.79 Å². The van der Waals surface area contributed by atoms with E-state index in [0.717, 1.165) is 25.2 Å². The first-order valence-electron chi connectivity index (χ1n) is 4.43. The largest absolute Gasteiger partial charge is 0.484 e. The standard InChI is InChI=1S/C9H15NO3/c1-12-8-4-3-7(5-6-10-8)9(11)13-2/h7H,3-6H2,1-2H3. The molecule has 74 valence electrons. The van der Waals surface area contributed by atoms with E-state index < -0.39 is 0 Å². The SMILES string of the molecule is COC(=O)C1CCN=C(OC)CC1. The minimum absolute atomic E-state index is 0.0126. The molecule has 1 heterocycles. The molecule has 1 aliphatic rings. The maximum atomic E-state index is 11.2. The van der Waals surface area contributed by atoms with E-state index in [1.54, 1.807) is 7.11 Å². The first-order chi connectivity index (χ1) is 6.27. The Morgan fingerprint density at radius 1 is 1.46 bits per heavy atom. The van der Waals surface area contributed by atoms with Gasteiger partial charge in [-0.25, -0.2) is 0 Å². The molecule has 0 saturated heterocycles. The van der Waals surface area contributed by atoms with Crippen LogP contribution in [0.4, 0.5) is 0 Å². The van der Waals surface area contributed by atoms with Crippen molar-refractivity contribution in [2.45, 2.75) is 19.3 Å². The molecule has 4 heteroatoms. The van der Waals surface area contributed by atoms with Crippen LogP contribution in [0.3, 0.4) is 0 Å². The van der Waals surface area contributed by atoms with Crippen LogP contribution in [-0.4, -0.2) is 32.6 Å². The van der Waals surface area contributed by atoms with Gasteiger partial charge >= 0.3 is 5.97 Å². The van der Waals surface area contributed by atoms with E-state index in [4.69, 9.17) is 4.74 Å². The van der Waals surface area contributed by atoms with Gasteiger partial charge in [-0.1, -0.05) is 0 Å². The van der Waals surface area contributed by atoms with Crippen molar-refractivity contribution in [1.82, 2.24) is 0 Å². The summed E-state index contributed by atoms with van der Waals surface area (Å²) in [4.78, 5) is 15.4. The number of nitrogens with zero attached hydrogens (tertiary/aromatic N) is 1. The summed E-state index contributed by atoms with van der Waals surface area (Å²) in [6.45, 7) is 0.656. The minimum Gasteiger partial charge on any atom is -0.484 e. The lowest BCUT2D eigenvalue weighted by atomic mass is 10.0. The first kappa shape index (κ1) is 10.0. The third-order valence-corrected chi connectivity index (χ3v) is 2.24. The molecule has 0 amide bonds. The molecule has 0 bridgehead atoms. The van der Waals surface area contributed by atoms with Gasteiger partial charge in [0.1, 0.15) is 0 Å². The van der Waals surface area contributed by atoms with Crippen molar-refractivity contribution in [2.75, 3.05) is 20.8 Å². The number of hydrogen-bond donors (Lipinski definition) is 0. The van der Waals surface area contributed by atoms with E-state index in [1.807, 2.05) is 0 Å². The number of hydrogen-bond acceptors (Lipinski definition) is 4.